The number of nitrogens with one attached hydrogen (secondary N) is 1. The minimum atomic E-state index is 0.842. The molecule has 0 aromatic carbocycles. The molecule has 0 radical (unpaired) electrons. The zero-order chi connectivity index (χ0) is 6.81. The summed E-state index contributed by atoms with van der Waals surface area (Å²) in [6.45, 7) is 1.73. The van der Waals surface area contributed by atoms with Crippen molar-refractivity contribution < 1.29 is 4.99 Å². The van der Waals surface area contributed by atoms with Crippen molar-refractivity contribution in [1.82, 2.24) is 0 Å². The van der Waals surface area contributed by atoms with Gasteiger partial charge in [-0.15, -0.1) is 0 Å². The third-order valence-electron chi connectivity index (χ3n) is 1.67. The van der Waals surface area contributed by atoms with Crippen molar-refractivity contribution >= 4 is 11.9 Å². The Labute approximate surface area is 59.7 Å². The molecule has 2 aliphatic heterocycles. The summed E-state index contributed by atoms with van der Waals surface area (Å²) in [6, 6.07) is 0. The SMILES string of the molecule is C1=CC2=CC=[NH+]CC2=NC1. The highest BCUT2D eigenvalue weighted by molar-refractivity contribution is 6.07. The molecule has 2 rings (SSSR count). The van der Waals surface area contributed by atoms with Gasteiger partial charge in [-0.05, 0) is 0 Å². The molecule has 0 atom stereocenters. The van der Waals surface area contributed by atoms with Crippen molar-refractivity contribution in [3.8, 4) is 0 Å². The summed E-state index contributed by atoms with van der Waals surface area (Å²) in [6.07, 6.45) is 8.22. The number of aliphatic imine (C=N–C) groups is 1. The maximum absolute atomic E-state index is 4.33. The second kappa shape index (κ2) is 2.21. The highest BCUT2D eigenvalue weighted by Gasteiger charge is 2.11. The predicted octanol–water partition coefficient (Wildman–Crippen LogP) is -0.911. The lowest BCUT2D eigenvalue weighted by atomic mass is 10.1. The molecular weight excluding hydrogens is 124 g/mol. The molecule has 0 spiro atoms. The molecule has 2 heterocycles. The summed E-state index contributed by atoms with van der Waals surface area (Å²) in [7, 11) is 0. The molecule has 0 unspecified atom stereocenters. The van der Waals surface area contributed by atoms with E-state index in [0.29, 0.717) is 0 Å². The Balaban J connectivity index is 2.39. The molecule has 0 amide bonds. The summed E-state index contributed by atoms with van der Waals surface area (Å²) >= 11 is 0. The van der Waals surface area contributed by atoms with E-state index in [2.05, 4.69) is 28.2 Å². The van der Waals surface area contributed by atoms with Gasteiger partial charge in [0.2, 0.25) is 0 Å². The zero-order valence-corrected chi connectivity index (χ0v) is 5.67. The molecule has 0 saturated carbocycles. The van der Waals surface area contributed by atoms with Gasteiger partial charge in [-0.25, -0.2) is 4.99 Å². The molecule has 0 aromatic heterocycles. The molecule has 2 aliphatic rings. The number of rotatable bonds is 0. The van der Waals surface area contributed by atoms with E-state index in [1.807, 2.05) is 6.21 Å². The van der Waals surface area contributed by atoms with Crippen LogP contribution in [0.15, 0.2) is 28.8 Å². The van der Waals surface area contributed by atoms with E-state index in [-0.39, 0.29) is 0 Å². The fourth-order valence-corrected chi connectivity index (χ4v) is 1.14. The Bertz CT molecular complexity index is 256. The fourth-order valence-electron chi connectivity index (χ4n) is 1.14. The topological polar surface area (TPSA) is 26.3 Å². The van der Waals surface area contributed by atoms with Gasteiger partial charge >= 0.3 is 0 Å². The molecule has 2 heteroatoms. The lowest BCUT2D eigenvalue weighted by Gasteiger charge is -2.07. The lowest BCUT2D eigenvalue weighted by molar-refractivity contribution is -0.432. The van der Waals surface area contributed by atoms with Gasteiger partial charge in [-0.2, -0.15) is 0 Å². The Morgan fingerprint density at radius 2 is 2.50 bits per heavy atom. The highest BCUT2D eigenvalue weighted by atomic mass is 14.8. The van der Waals surface area contributed by atoms with Crippen LogP contribution in [0.1, 0.15) is 0 Å². The van der Waals surface area contributed by atoms with Gasteiger partial charge in [-0.1, -0.05) is 12.2 Å². The Hall–Kier alpha value is -1.18. The summed E-state index contributed by atoms with van der Waals surface area (Å²) in [5.41, 5.74) is 2.44. The minimum Gasteiger partial charge on any atom is -0.278 e. The number of nitrogens with zero attached hydrogens (tertiary/aromatic N) is 1. The molecule has 0 bridgehead atoms. The van der Waals surface area contributed by atoms with E-state index in [1.54, 1.807) is 0 Å². The lowest BCUT2D eigenvalue weighted by Crippen LogP contribution is -2.72. The van der Waals surface area contributed by atoms with Crippen LogP contribution in [0.25, 0.3) is 0 Å². The molecule has 0 fully saturated rings. The largest absolute Gasteiger partial charge is 0.278 e. The number of fused-ring (bicyclic) bond motifs is 1. The quantitative estimate of drug-likeness (QED) is 0.443. The highest BCUT2D eigenvalue weighted by Crippen LogP contribution is 2.04. The number of hydrogen-bond donors (Lipinski definition) is 1. The first kappa shape index (κ1) is 5.59. The van der Waals surface area contributed by atoms with E-state index in [1.165, 1.54) is 11.3 Å². The number of hydrogen-bond acceptors (Lipinski definition) is 1. The van der Waals surface area contributed by atoms with Crippen molar-refractivity contribution in [1.29, 1.82) is 0 Å². The average Bonchev–Trinajstić information content (AvgIpc) is 2.05. The van der Waals surface area contributed by atoms with Crippen LogP contribution >= 0.6 is 0 Å². The first-order valence-electron chi connectivity index (χ1n) is 3.44. The van der Waals surface area contributed by atoms with Crippen molar-refractivity contribution in [2.45, 2.75) is 0 Å². The van der Waals surface area contributed by atoms with Gasteiger partial charge in [0.15, 0.2) is 12.8 Å². The first-order chi connectivity index (χ1) is 4.97. The molecule has 0 aromatic rings. The molecule has 10 heavy (non-hydrogen) atoms. The number of dihydropyridines is 1. The van der Waals surface area contributed by atoms with Gasteiger partial charge < -0.3 is 0 Å². The van der Waals surface area contributed by atoms with E-state index in [0.717, 1.165) is 13.1 Å². The van der Waals surface area contributed by atoms with E-state index in [9.17, 15) is 0 Å². The maximum atomic E-state index is 4.33. The predicted molar refractivity (Wildman–Crippen MR) is 41.4 cm³/mol. The standard InChI is InChI=1S/C8H8N2/c1-2-7-3-5-9-6-8(7)10-4-1/h1-3,5H,4,6H2/p+1. The van der Waals surface area contributed by atoms with Crippen LogP contribution in [0.4, 0.5) is 0 Å². The Morgan fingerprint density at radius 1 is 1.50 bits per heavy atom. The van der Waals surface area contributed by atoms with Crippen molar-refractivity contribution in [2.24, 2.45) is 4.99 Å². The monoisotopic (exact) mass is 133 g/mol. The van der Waals surface area contributed by atoms with Gasteiger partial charge in [0.25, 0.3) is 0 Å². The van der Waals surface area contributed by atoms with Crippen molar-refractivity contribution in [2.75, 3.05) is 13.1 Å². The Morgan fingerprint density at radius 3 is 3.40 bits per heavy atom. The molecule has 2 nitrogen and oxygen atoms in total. The average molecular weight is 133 g/mol. The normalized spacial score (nSPS) is 21.6. The van der Waals surface area contributed by atoms with Gasteiger partial charge in [-0.3, -0.25) is 4.99 Å². The zero-order valence-electron chi connectivity index (χ0n) is 5.67. The minimum absolute atomic E-state index is 0.842. The first-order valence-corrected chi connectivity index (χ1v) is 3.44. The van der Waals surface area contributed by atoms with E-state index < -0.39 is 0 Å². The maximum Gasteiger partial charge on any atom is 0.183 e. The molecule has 1 N–H and O–H groups in total. The van der Waals surface area contributed by atoms with Crippen LogP contribution in [0, 0.1) is 0 Å². The van der Waals surface area contributed by atoms with E-state index in [4.69, 9.17) is 0 Å². The fraction of sp³-hybridized carbons (Fsp3) is 0.250. The van der Waals surface area contributed by atoms with Crippen LogP contribution in [-0.2, 0) is 0 Å². The number of allylic oxidation sites excluding steroid dienone is 2. The summed E-state index contributed by atoms with van der Waals surface area (Å²) < 4.78 is 0. The summed E-state index contributed by atoms with van der Waals surface area (Å²) in [5.74, 6) is 0. The summed E-state index contributed by atoms with van der Waals surface area (Å²) in [5, 5.41) is 0. The van der Waals surface area contributed by atoms with Crippen LogP contribution in [0.3, 0.4) is 0 Å². The van der Waals surface area contributed by atoms with Crippen LogP contribution in [0.2, 0.25) is 0 Å². The molecule has 50 valence electrons. The Kier molecular flexibility index (Phi) is 1.24. The van der Waals surface area contributed by atoms with Crippen molar-refractivity contribution in [3.63, 3.8) is 0 Å². The van der Waals surface area contributed by atoms with Gasteiger partial charge in [0.1, 0.15) is 5.71 Å². The van der Waals surface area contributed by atoms with E-state index >= 15 is 0 Å². The third kappa shape index (κ3) is 0.817. The van der Waals surface area contributed by atoms with Gasteiger partial charge in [0.05, 0.1) is 6.54 Å². The molecular formula is C8H9N2+. The summed E-state index contributed by atoms with van der Waals surface area (Å²) in [4.78, 5) is 7.45. The molecule has 0 saturated heterocycles. The van der Waals surface area contributed by atoms with Gasteiger partial charge in [0, 0.05) is 11.6 Å². The second-order valence-corrected chi connectivity index (χ2v) is 2.36. The van der Waals surface area contributed by atoms with Crippen LogP contribution in [0.5, 0.6) is 0 Å². The van der Waals surface area contributed by atoms with Crippen LogP contribution in [-0.4, -0.2) is 25.0 Å². The van der Waals surface area contributed by atoms with Crippen molar-refractivity contribution in [3.05, 3.63) is 23.8 Å². The third-order valence-corrected chi connectivity index (χ3v) is 1.67. The second-order valence-electron chi connectivity index (χ2n) is 2.36. The molecule has 0 aliphatic carbocycles. The smallest absolute Gasteiger partial charge is 0.183 e. The van der Waals surface area contributed by atoms with Crippen LogP contribution < -0.4 is 4.99 Å².